The van der Waals surface area contributed by atoms with Crippen LogP contribution in [0.15, 0.2) is 48.5 Å². The highest BCUT2D eigenvalue weighted by atomic mass is 127. The van der Waals surface area contributed by atoms with Crippen LogP contribution in [-0.2, 0) is 4.79 Å². The molecule has 2 N–H and O–H groups in total. The number of carbonyl (C=O) groups is 2. The molecule has 2 amide bonds. The number of benzene rings is 2. The largest absolute Gasteiger partial charge is 0.376 e. The van der Waals surface area contributed by atoms with E-state index in [-0.39, 0.29) is 18.4 Å². The molecule has 0 saturated carbocycles. The molecular formula is C21H26IN3O2. The molecule has 0 radical (unpaired) electrons. The van der Waals surface area contributed by atoms with E-state index in [0.29, 0.717) is 5.56 Å². The van der Waals surface area contributed by atoms with Gasteiger partial charge in [-0.05, 0) is 77.9 Å². The normalized spacial score (nSPS) is 10.3. The predicted octanol–water partition coefficient (Wildman–Crippen LogP) is 4.60. The zero-order chi connectivity index (χ0) is 19.6. The summed E-state index contributed by atoms with van der Waals surface area (Å²) in [6.07, 6.45) is 1.87. The molecule has 2 rings (SSSR count). The number of nitrogens with zero attached hydrogens (tertiary/aromatic N) is 1. The van der Waals surface area contributed by atoms with Gasteiger partial charge < -0.3 is 15.5 Å². The van der Waals surface area contributed by atoms with Gasteiger partial charge in [0, 0.05) is 33.6 Å². The molecule has 0 fully saturated rings. The maximum absolute atomic E-state index is 12.7. The van der Waals surface area contributed by atoms with Crippen LogP contribution < -0.4 is 10.6 Å². The molecular weight excluding hydrogens is 453 g/mol. The van der Waals surface area contributed by atoms with E-state index in [1.165, 1.54) is 0 Å². The maximum Gasteiger partial charge on any atom is 0.253 e. The van der Waals surface area contributed by atoms with Gasteiger partial charge >= 0.3 is 0 Å². The summed E-state index contributed by atoms with van der Waals surface area (Å²) < 4.78 is 1.12. The van der Waals surface area contributed by atoms with Crippen LogP contribution in [-0.4, -0.2) is 36.3 Å². The van der Waals surface area contributed by atoms with Crippen LogP contribution in [0.5, 0.6) is 0 Å². The molecule has 0 aliphatic rings. The van der Waals surface area contributed by atoms with Gasteiger partial charge in [0.15, 0.2) is 0 Å². The predicted molar refractivity (Wildman–Crippen MR) is 119 cm³/mol. The fourth-order valence-electron chi connectivity index (χ4n) is 2.72. The first-order valence-corrected chi connectivity index (χ1v) is 10.3. The van der Waals surface area contributed by atoms with E-state index in [1.807, 2.05) is 47.4 Å². The lowest BCUT2D eigenvalue weighted by molar-refractivity contribution is -0.114. The lowest BCUT2D eigenvalue weighted by Crippen LogP contribution is -2.32. The van der Waals surface area contributed by atoms with Gasteiger partial charge in [-0.1, -0.05) is 19.9 Å². The van der Waals surface area contributed by atoms with Crippen molar-refractivity contribution in [1.29, 1.82) is 0 Å². The van der Waals surface area contributed by atoms with Crippen molar-refractivity contribution in [3.63, 3.8) is 0 Å². The third-order valence-corrected chi connectivity index (χ3v) is 4.68. The van der Waals surface area contributed by atoms with Gasteiger partial charge in [-0.15, -0.1) is 0 Å². The molecule has 0 saturated heterocycles. The van der Waals surface area contributed by atoms with E-state index >= 15 is 0 Å². The van der Waals surface area contributed by atoms with Crippen molar-refractivity contribution in [3.8, 4) is 0 Å². The fraction of sp³-hybridized carbons (Fsp3) is 0.333. The van der Waals surface area contributed by atoms with Crippen molar-refractivity contribution in [2.75, 3.05) is 30.3 Å². The third-order valence-electron chi connectivity index (χ3n) is 3.96. The number of rotatable bonds is 9. The van der Waals surface area contributed by atoms with Crippen molar-refractivity contribution in [1.82, 2.24) is 4.90 Å². The summed E-state index contributed by atoms with van der Waals surface area (Å²) in [6, 6.07) is 14.9. The second-order valence-electron chi connectivity index (χ2n) is 6.28. The molecule has 0 atom stereocenters. The van der Waals surface area contributed by atoms with Crippen LogP contribution in [0.25, 0.3) is 0 Å². The van der Waals surface area contributed by atoms with Gasteiger partial charge in [-0.3, -0.25) is 9.59 Å². The van der Waals surface area contributed by atoms with Crippen molar-refractivity contribution >= 4 is 45.8 Å². The quantitative estimate of drug-likeness (QED) is 0.517. The van der Waals surface area contributed by atoms with Crippen molar-refractivity contribution < 1.29 is 9.59 Å². The summed E-state index contributed by atoms with van der Waals surface area (Å²) in [5, 5.41) is 5.94. The van der Waals surface area contributed by atoms with Crippen LogP contribution in [0.1, 0.15) is 37.0 Å². The van der Waals surface area contributed by atoms with E-state index < -0.39 is 0 Å². The summed E-state index contributed by atoms with van der Waals surface area (Å²) in [6.45, 7) is 5.78. The minimum absolute atomic E-state index is 0.0330. The molecule has 6 heteroatoms. The topological polar surface area (TPSA) is 61.4 Å². The maximum atomic E-state index is 12.7. The highest BCUT2D eigenvalue weighted by Crippen LogP contribution is 2.14. The Balaban J connectivity index is 1.95. The molecule has 0 aliphatic carbocycles. The summed E-state index contributed by atoms with van der Waals surface area (Å²) in [5.74, 6) is -0.0998. The average molecular weight is 479 g/mol. The standard InChI is InChI=1S/C21H26IN3O2/c1-3-12-25(13-4-2)21(27)16-6-5-7-19(14-16)23-15-20(26)24-18-10-8-17(22)9-11-18/h5-11,14,23H,3-4,12-13,15H2,1-2H3,(H,24,26). The number of carbonyl (C=O) groups excluding carboxylic acids is 2. The fourth-order valence-corrected chi connectivity index (χ4v) is 3.08. The molecule has 27 heavy (non-hydrogen) atoms. The monoisotopic (exact) mass is 479 g/mol. The summed E-state index contributed by atoms with van der Waals surface area (Å²) in [7, 11) is 0. The Morgan fingerprint density at radius 1 is 0.963 bits per heavy atom. The first kappa shape index (κ1) is 21.2. The SMILES string of the molecule is CCCN(CCC)C(=O)c1cccc(NCC(=O)Nc2ccc(I)cc2)c1. The first-order chi connectivity index (χ1) is 13.0. The van der Waals surface area contributed by atoms with Crippen LogP contribution in [0.4, 0.5) is 11.4 Å². The third kappa shape index (κ3) is 6.86. The molecule has 0 spiro atoms. The molecule has 0 heterocycles. The highest BCUT2D eigenvalue weighted by molar-refractivity contribution is 14.1. The Bertz CT molecular complexity index is 756. The minimum atomic E-state index is -0.133. The Labute approximate surface area is 174 Å². The summed E-state index contributed by atoms with van der Waals surface area (Å²) in [5.41, 5.74) is 2.16. The lowest BCUT2D eigenvalue weighted by atomic mass is 10.1. The van der Waals surface area contributed by atoms with Crippen molar-refractivity contribution in [2.24, 2.45) is 0 Å². The molecule has 0 aliphatic heterocycles. The van der Waals surface area contributed by atoms with E-state index in [9.17, 15) is 9.59 Å². The van der Waals surface area contributed by atoms with Crippen LogP contribution in [0.2, 0.25) is 0 Å². The Morgan fingerprint density at radius 2 is 1.63 bits per heavy atom. The highest BCUT2D eigenvalue weighted by Gasteiger charge is 2.14. The second-order valence-corrected chi connectivity index (χ2v) is 7.53. The van der Waals surface area contributed by atoms with E-state index in [4.69, 9.17) is 0 Å². The van der Waals surface area contributed by atoms with E-state index in [2.05, 4.69) is 47.1 Å². The molecule has 0 aromatic heterocycles. The van der Waals surface area contributed by atoms with Gasteiger partial charge in [0.2, 0.25) is 5.91 Å². The molecule has 5 nitrogen and oxygen atoms in total. The number of hydrogen-bond donors (Lipinski definition) is 2. The number of halogens is 1. The van der Waals surface area contributed by atoms with Gasteiger partial charge in [0.25, 0.3) is 5.91 Å². The second kappa shape index (κ2) is 10.9. The van der Waals surface area contributed by atoms with E-state index in [1.54, 1.807) is 6.07 Å². The molecule has 2 aromatic carbocycles. The zero-order valence-electron chi connectivity index (χ0n) is 15.8. The number of amides is 2. The molecule has 2 aromatic rings. The lowest BCUT2D eigenvalue weighted by Gasteiger charge is -2.21. The Morgan fingerprint density at radius 3 is 2.26 bits per heavy atom. The molecule has 0 unspecified atom stereocenters. The summed E-state index contributed by atoms with van der Waals surface area (Å²) in [4.78, 5) is 26.7. The summed E-state index contributed by atoms with van der Waals surface area (Å²) >= 11 is 2.22. The Hall–Kier alpha value is -2.09. The van der Waals surface area contributed by atoms with Gasteiger partial charge in [-0.2, -0.15) is 0 Å². The van der Waals surface area contributed by atoms with Crippen molar-refractivity contribution in [3.05, 3.63) is 57.7 Å². The Kier molecular flexibility index (Phi) is 8.57. The van der Waals surface area contributed by atoms with E-state index in [0.717, 1.165) is 40.9 Å². The first-order valence-electron chi connectivity index (χ1n) is 9.22. The van der Waals surface area contributed by atoms with Gasteiger partial charge in [-0.25, -0.2) is 0 Å². The van der Waals surface area contributed by atoms with Crippen LogP contribution >= 0.6 is 22.6 Å². The minimum Gasteiger partial charge on any atom is -0.376 e. The number of nitrogens with one attached hydrogen (secondary N) is 2. The molecule has 144 valence electrons. The number of anilines is 2. The smallest absolute Gasteiger partial charge is 0.253 e. The molecule has 0 bridgehead atoms. The average Bonchev–Trinajstić information content (AvgIpc) is 2.68. The van der Waals surface area contributed by atoms with Gasteiger partial charge in [0.1, 0.15) is 0 Å². The number of hydrogen-bond acceptors (Lipinski definition) is 3. The van der Waals surface area contributed by atoms with Gasteiger partial charge in [0.05, 0.1) is 6.54 Å². The van der Waals surface area contributed by atoms with Crippen LogP contribution in [0, 0.1) is 3.57 Å². The zero-order valence-corrected chi connectivity index (χ0v) is 18.0. The van der Waals surface area contributed by atoms with Crippen molar-refractivity contribution in [2.45, 2.75) is 26.7 Å². The van der Waals surface area contributed by atoms with Crippen LogP contribution in [0.3, 0.4) is 0 Å².